The summed E-state index contributed by atoms with van der Waals surface area (Å²) in [5.74, 6) is 1.50. The van der Waals surface area contributed by atoms with Crippen LogP contribution in [0.2, 0.25) is 0 Å². The van der Waals surface area contributed by atoms with E-state index in [0.29, 0.717) is 12.0 Å². The van der Waals surface area contributed by atoms with E-state index < -0.39 is 0 Å². The zero-order valence-corrected chi connectivity index (χ0v) is 12.6. The van der Waals surface area contributed by atoms with E-state index in [1.807, 2.05) is 0 Å². The third-order valence-electron chi connectivity index (χ3n) is 3.04. The maximum absolute atomic E-state index is 5.82. The second-order valence-corrected chi connectivity index (χ2v) is 5.31. The van der Waals surface area contributed by atoms with Gasteiger partial charge in [-0.15, -0.1) is 0 Å². The van der Waals surface area contributed by atoms with Crippen LogP contribution >= 0.6 is 0 Å². The van der Waals surface area contributed by atoms with E-state index in [9.17, 15) is 0 Å². The average molecular weight is 271 g/mol. The van der Waals surface area contributed by atoms with E-state index in [-0.39, 0.29) is 0 Å². The monoisotopic (exact) mass is 271 g/mol. The van der Waals surface area contributed by atoms with Crippen molar-refractivity contribution in [2.45, 2.75) is 39.2 Å². The predicted molar refractivity (Wildman–Crippen MR) is 78.6 cm³/mol. The summed E-state index contributed by atoms with van der Waals surface area (Å²) in [5, 5.41) is 6.59. The summed E-state index contributed by atoms with van der Waals surface area (Å²) in [6.07, 6.45) is 3.46. The van der Waals surface area contributed by atoms with Crippen LogP contribution in [0, 0.1) is 5.92 Å². The first-order chi connectivity index (χ1) is 9.22. The zero-order chi connectivity index (χ0) is 13.9. The third-order valence-corrected chi connectivity index (χ3v) is 3.04. The number of nitrogens with zero attached hydrogens (tertiary/aromatic N) is 1. The summed E-state index contributed by atoms with van der Waals surface area (Å²) >= 11 is 0. The lowest BCUT2D eigenvalue weighted by Crippen LogP contribution is -2.39. The fourth-order valence-corrected chi connectivity index (χ4v) is 1.89. The van der Waals surface area contributed by atoms with Crippen LogP contribution in [0.15, 0.2) is 4.99 Å². The Balaban J connectivity index is 1.99. The lowest BCUT2D eigenvalue weighted by molar-refractivity contribution is -0.0320. The van der Waals surface area contributed by atoms with E-state index >= 15 is 0 Å². The third kappa shape index (κ3) is 8.06. The standard InChI is InChI=1S/C14H29N3O2/c1-12(2)11-17-14(15-3)16-7-4-8-19-13-5-9-18-10-6-13/h12-13H,4-11H2,1-3H3,(H2,15,16,17). The molecule has 5 nitrogen and oxygen atoms in total. The van der Waals surface area contributed by atoms with Gasteiger partial charge >= 0.3 is 0 Å². The number of guanidine groups is 1. The van der Waals surface area contributed by atoms with Crippen molar-refractivity contribution in [3.63, 3.8) is 0 Å². The van der Waals surface area contributed by atoms with Crippen molar-refractivity contribution in [1.29, 1.82) is 0 Å². The van der Waals surface area contributed by atoms with Crippen molar-refractivity contribution in [2.24, 2.45) is 10.9 Å². The van der Waals surface area contributed by atoms with Crippen molar-refractivity contribution in [2.75, 3.05) is 40.0 Å². The number of hydrogen-bond donors (Lipinski definition) is 2. The fourth-order valence-electron chi connectivity index (χ4n) is 1.89. The average Bonchev–Trinajstić information content (AvgIpc) is 2.42. The molecule has 0 bridgehead atoms. The molecule has 19 heavy (non-hydrogen) atoms. The van der Waals surface area contributed by atoms with Crippen molar-refractivity contribution in [3.05, 3.63) is 0 Å². The highest BCUT2D eigenvalue weighted by Crippen LogP contribution is 2.10. The second-order valence-electron chi connectivity index (χ2n) is 5.31. The molecule has 1 rings (SSSR count). The van der Waals surface area contributed by atoms with Gasteiger partial charge in [0.15, 0.2) is 5.96 Å². The van der Waals surface area contributed by atoms with Gasteiger partial charge in [-0.2, -0.15) is 0 Å². The smallest absolute Gasteiger partial charge is 0.190 e. The van der Waals surface area contributed by atoms with Gasteiger partial charge in [-0.25, -0.2) is 0 Å². The van der Waals surface area contributed by atoms with Crippen molar-refractivity contribution < 1.29 is 9.47 Å². The van der Waals surface area contributed by atoms with Crippen LogP contribution < -0.4 is 10.6 Å². The second kappa shape index (κ2) is 10.0. The molecular weight excluding hydrogens is 242 g/mol. The van der Waals surface area contributed by atoms with E-state index in [4.69, 9.17) is 9.47 Å². The van der Waals surface area contributed by atoms with Crippen LogP contribution in [0.3, 0.4) is 0 Å². The first kappa shape index (κ1) is 16.2. The summed E-state index contributed by atoms with van der Waals surface area (Å²) < 4.78 is 11.1. The molecule has 0 unspecified atom stereocenters. The van der Waals surface area contributed by atoms with E-state index in [0.717, 1.165) is 58.1 Å². The maximum Gasteiger partial charge on any atom is 0.190 e. The summed E-state index contributed by atoms with van der Waals surface area (Å²) in [7, 11) is 1.80. The van der Waals surface area contributed by atoms with Crippen molar-refractivity contribution in [3.8, 4) is 0 Å². The molecule has 0 atom stereocenters. The summed E-state index contributed by atoms with van der Waals surface area (Å²) in [6, 6.07) is 0. The Morgan fingerprint density at radius 3 is 2.68 bits per heavy atom. The Kier molecular flexibility index (Phi) is 8.58. The number of nitrogens with one attached hydrogen (secondary N) is 2. The number of hydrogen-bond acceptors (Lipinski definition) is 3. The molecule has 5 heteroatoms. The molecule has 112 valence electrons. The molecule has 0 amide bonds. The molecule has 0 aromatic carbocycles. The topological polar surface area (TPSA) is 54.9 Å². The van der Waals surface area contributed by atoms with E-state index in [1.165, 1.54) is 0 Å². The Morgan fingerprint density at radius 1 is 1.32 bits per heavy atom. The molecular formula is C14H29N3O2. The molecule has 0 aromatic rings. The minimum atomic E-state index is 0.395. The summed E-state index contributed by atoms with van der Waals surface area (Å²) in [4.78, 5) is 4.18. The molecule has 0 radical (unpaired) electrons. The normalized spacial score (nSPS) is 17.8. The van der Waals surface area contributed by atoms with Gasteiger partial charge in [0.25, 0.3) is 0 Å². The SMILES string of the molecule is CN=C(NCCCOC1CCOCC1)NCC(C)C. The van der Waals surface area contributed by atoms with Crippen LogP contribution in [0.5, 0.6) is 0 Å². The Labute approximate surface area is 117 Å². The molecule has 1 heterocycles. The highest BCUT2D eigenvalue weighted by molar-refractivity contribution is 5.79. The lowest BCUT2D eigenvalue weighted by Gasteiger charge is -2.22. The maximum atomic E-state index is 5.82. The zero-order valence-electron chi connectivity index (χ0n) is 12.6. The Morgan fingerprint density at radius 2 is 2.05 bits per heavy atom. The van der Waals surface area contributed by atoms with Gasteiger partial charge in [0.05, 0.1) is 6.10 Å². The highest BCUT2D eigenvalue weighted by Gasteiger charge is 2.13. The van der Waals surface area contributed by atoms with Gasteiger partial charge in [-0.1, -0.05) is 13.8 Å². The van der Waals surface area contributed by atoms with Gasteiger partial charge in [0, 0.05) is 40.0 Å². The largest absolute Gasteiger partial charge is 0.381 e. The number of rotatable bonds is 7. The number of aliphatic imine (C=N–C) groups is 1. The van der Waals surface area contributed by atoms with Crippen LogP contribution in [-0.4, -0.2) is 52.0 Å². The van der Waals surface area contributed by atoms with Crippen LogP contribution in [0.4, 0.5) is 0 Å². The van der Waals surface area contributed by atoms with E-state index in [1.54, 1.807) is 7.05 Å². The van der Waals surface area contributed by atoms with Crippen LogP contribution in [-0.2, 0) is 9.47 Å². The molecule has 0 saturated carbocycles. The molecule has 1 aliphatic rings. The Bertz CT molecular complexity index is 251. The minimum absolute atomic E-state index is 0.395. The van der Waals surface area contributed by atoms with Gasteiger partial charge in [0.1, 0.15) is 0 Å². The molecule has 1 saturated heterocycles. The molecule has 1 fully saturated rings. The van der Waals surface area contributed by atoms with Crippen LogP contribution in [0.1, 0.15) is 33.1 Å². The van der Waals surface area contributed by atoms with E-state index in [2.05, 4.69) is 29.5 Å². The van der Waals surface area contributed by atoms with Crippen LogP contribution in [0.25, 0.3) is 0 Å². The van der Waals surface area contributed by atoms with Gasteiger partial charge < -0.3 is 20.1 Å². The van der Waals surface area contributed by atoms with Crippen molar-refractivity contribution in [1.82, 2.24) is 10.6 Å². The molecule has 1 aliphatic heterocycles. The molecule has 0 aliphatic carbocycles. The fraction of sp³-hybridized carbons (Fsp3) is 0.929. The summed E-state index contributed by atoms with van der Waals surface area (Å²) in [6.45, 7) is 8.69. The quantitative estimate of drug-likeness (QED) is 0.417. The van der Waals surface area contributed by atoms with Crippen molar-refractivity contribution >= 4 is 5.96 Å². The predicted octanol–water partition coefficient (Wildman–Crippen LogP) is 1.39. The molecule has 0 spiro atoms. The highest BCUT2D eigenvalue weighted by atomic mass is 16.5. The lowest BCUT2D eigenvalue weighted by atomic mass is 10.1. The van der Waals surface area contributed by atoms with Gasteiger partial charge in [-0.05, 0) is 25.2 Å². The molecule has 0 aromatic heterocycles. The first-order valence-electron chi connectivity index (χ1n) is 7.36. The molecule has 2 N–H and O–H groups in total. The minimum Gasteiger partial charge on any atom is -0.381 e. The summed E-state index contributed by atoms with van der Waals surface area (Å²) in [5.41, 5.74) is 0. The van der Waals surface area contributed by atoms with Gasteiger partial charge in [-0.3, -0.25) is 4.99 Å². The van der Waals surface area contributed by atoms with Gasteiger partial charge in [0.2, 0.25) is 0 Å². The Hall–Kier alpha value is -0.810. The first-order valence-corrected chi connectivity index (χ1v) is 7.36. The number of ether oxygens (including phenoxy) is 2.